The van der Waals surface area contributed by atoms with Crippen molar-refractivity contribution in [2.24, 2.45) is 0 Å². The SMILES string of the molecule is CC(=O)SCCC#Cc1cccc2c(N)cccc12. The molecular weight excluding hydrogens is 254 g/mol. The summed E-state index contributed by atoms with van der Waals surface area (Å²) in [6, 6.07) is 11.8. The van der Waals surface area contributed by atoms with Gasteiger partial charge in [0, 0.05) is 35.7 Å². The largest absolute Gasteiger partial charge is 0.398 e. The monoisotopic (exact) mass is 269 g/mol. The van der Waals surface area contributed by atoms with E-state index in [2.05, 4.69) is 11.8 Å². The highest BCUT2D eigenvalue weighted by Crippen LogP contribution is 2.23. The molecule has 0 saturated carbocycles. The molecule has 3 heteroatoms. The number of nitrogen functional groups attached to an aromatic ring is 1. The van der Waals surface area contributed by atoms with E-state index in [9.17, 15) is 4.79 Å². The molecule has 0 unspecified atom stereocenters. The van der Waals surface area contributed by atoms with Crippen molar-refractivity contribution >= 4 is 33.3 Å². The van der Waals surface area contributed by atoms with Gasteiger partial charge in [-0.2, -0.15) is 0 Å². The zero-order valence-corrected chi connectivity index (χ0v) is 11.6. The number of carbonyl (C=O) groups excluding carboxylic acids is 1. The molecule has 2 aromatic carbocycles. The molecule has 0 aliphatic heterocycles. The van der Waals surface area contributed by atoms with E-state index in [0.717, 1.165) is 27.8 Å². The normalized spacial score (nSPS) is 9.95. The second-order valence-electron chi connectivity index (χ2n) is 4.14. The summed E-state index contributed by atoms with van der Waals surface area (Å²) in [7, 11) is 0. The van der Waals surface area contributed by atoms with E-state index >= 15 is 0 Å². The van der Waals surface area contributed by atoms with Crippen LogP contribution in [0.5, 0.6) is 0 Å². The van der Waals surface area contributed by atoms with Crippen molar-refractivity contribution < 1.29 is 4.79 Å². The maximum Gasteiger partial charge on any atom is 0.185 e. The summed E-state index contributed by atoms with van der Waals surface area (Å²) in [5.41, 5.74) is 7.70. The molecule has 0 bridgehead atoms. The van der Waals surface area contributed by atoms with E-state index in [0.29, 0.717) is 6.42 Å². The van der Waals surface area contributed by atoms with Crippen molar-refractivity contribution in [3.63, 3.8) is 0 Å². The van der Waals surface area contributed by atoms with Gasteiger partial charge in [0.2, 0.25) is 0 Å². The fourth-order valence-corrected chi connectivity index (χ4v) is 2.34. The Morgan fingerprint density at radius 1 is 1.21 bits per heavy atom. The fourth-order valence-electron chi connectivity index (χ4n) is 1.85. The third-order valence-electron chi connectivity index (χ3n) is 2.71. The van der Waals surface area contributed by atoms with Crippen LogP contribution in [0.25, 0.3) is 10.8 Å². The zero-order valence-electron chi connectivity index (χ0n) is 10.8. The third kappa shape index (κ3) is 3.52. The highest BCUT2D eigenvalue weighted by atomic mass is 32.2. The predicted octanol–water partition coefficient (Wildman–Crippen LogP) is 3.44. The fraction of sp³-hybridized carbons (Fsp3) is 0.188. The summed E-state index contributed by atoms with van der Waals surface area (Å²) in [5.74, 6) is 7.01. The first-order valence-corrected chi connectivity index (χ1v) is 7.06. The van der Waals surface area contributed by atoms with Crippen molar-refractivity contribution in [3.8, 4) is 11.8 Å². The number of hydrogen-bond acceptors (Lipinski definition) is 3. The van der Waals surface area contributed by atoms with Crippen LogP contribution in [0.2, 0.25) is 0 Å². The molecule has 0 atom stereocenters. The van der Waals surface area contributed by atoms with Crippen LogP contribution < -0.4 is 5.73 Å². The van der Waals surface area contributed by atoms with Crippen LogP contribution in [0.15, 0.2) is 36.4 Å². The second-order valence-corrected chi connectivity index (χ2v) is 5.41. The summed E-state index contributed by atoms with van der Waals surface area (Å²) in [5, 5.41) is 2.25. The molecule has 0 fully saturated rings. The van der Waals surface area contributed by atoms with Crippen LogP contribution in [-0.4, -0.2) is 10.9 Å². The molecule has 0 amide bonds. The summed E-state index contributed by atoms with van der Waals surface area (Å²) in [4.78, 5) is 10.8. The van der Waals surface area contributed by atoms with Gasteiger partial charge in [-0.3, -0.25) is 4.79 Å². The average Bonchev–Trinajstić information content (AvgIpc) is 2.39. The summed E-state index contributed by atoms with van der Waals surface area (Å²) in [6.45, 7) is 1.57. The van der Waals surface area contributed by atoms with Crippen LogP contribution in [0.4, 0.5) is 5.69 Å². The van der Waals surface area contributed by atoms with Crippen LogP contribution in [0.3, 0.4) is 0 Å². The Bertz CT molecular complexity index is 667. The smallest absolute Gasteiger partial charge is 0.185 e. The van der Waals surface area contributed by atoms with Gasteiger partial charge in [0.15, 0.2) is 5.12 Å². The van der Waals surface area contributed by atoms with Gasteiger partial charge in [-0.25, -0.2) is 0 Å². The minimum Gasteiger partial charge on any atom is -0.398 e. The Hall–Kier alpha value is -1.92. The maximum absolute atomic E-state index is 10.8. The first kappa shape index (κ1) is 13.5. The number of anilines is 1. The standard InChI is InChI=1S/C16H15NOS/c1-12(18)19-11-3-2-6-13-7-4-9-15-14(13)8-5-10-16(15)17/h4-5,7-10H,3,11,17H2,1H3. The lowest BCUT2D eigenvalue weighted by atomic mass is 10.0. The van der Waals surface area contributed by atoms with Crippen LogP contribution in [0, 0.1) is 11.8 Å². The molecule has 2 N–H and O–H groups in total. The lowest BCUT2D eigenvalue weighted by Gasteiger charge is -2.03. The highest BCUT2D eigenvalue weighted by molar-refractivity contribution is 8.13. The number of rotatable bonds is 2. The first-order valence-electron chi connectivity index (χ1n) is 6.08. The van der Waals surface area contributed by atoms with Gasteiger partial charge in [0.1, 0.15) is 0 Å². The van der Waals surface area contributed by atoms with E-state index in [1.54, 1.807) is 6.92 Å². The van der Waals surface area contributed by atoms with Crippen molar-refractivity contribution in [2.45, 2.75) is 13.3 Å². The predicted molar refractivity (Wildman–Crippen MR) is 83.0 cm³/mol. The second kappa shape index (κ2) is 6.31. The molecular formula is C16H15NOS. The zero-order chi connectivity index (χ0) is 13.7. The molecule has 2 rings (SSSR count). The Balaban J connectivity index is 2.20. The molecule has 0 spiro atoms. The number of benzene rings is 2. The Morgan fingerprint density at radius 3 is 2.74 bits per heavy atom. The van der Waals surface area contributed by atoms with Crippen molar-refractivity contribution in [2.75, 3.05) is 11.5 Å². The van der Waals surface area contributed by atoms with E-state index in [1.807, 2.05) is 36.4 Å². The molecule has 96 valence electrons. The molecule has 0 aliphatic carbocycles. The molecule has 0 heterocycles. The van der Waals surface area contributed by atoms with E-state index in [1.165, 1.54) is 11.8 Å². The number of hydrogen-bond donors (Lipinski definition) is 1. The molecule has 2 aromatic rings. The quantitative estimate of drug-likeness (QED) is 0.516. The molecule has 0 aliphatic rings. The van der Waals surface area contributed by atoms with Gasteiger partial charge in [0.25, 0.3) is 0 Å². The number of thioether (sulfide) groups is 1. The lowest BCUT2D eigenvalue weighted by Crippen LogP contribution is -1.88. The number of fused-ring (bicyclic) bond motifs is 1. The summed E-state index contributed by atoms with van der Waals surface area (Å²) >= 11 is 1.31. The van der Waals surface area contributed by atoms with E-state index in [4.69, 9.17) is 5.73 Å². The van der Waals surface area contributed by atoms with E-state index < -0.39 is 0 Å². The number of carbonyl (C=O) groups is 1. The Labute approximate surface area is 117 Å². The van der Waals surface area contributed by atoms with Crippen LogP contribution >= 0.6 is 11.8 Å². The Morgan fingerprint density at radius 2 is 1.95 bits per heavy atom. The van der Waals surface area contributed by atoms with Gasteiger partial charge in [-0.05, 0) is 17.5 Å². The van der Waals surface area contributed by atoms with Crippen molar-refractivity contribution in [1.82, 2.24) is 0 Å². The van der Waals surface area contributed by atoms with Gasteiger partial charge in [-0.15, -0.1) is 0 Å². The van der Waals surface area contributed by atoms with Gasteiger partial charge in [0.05, 0.1) is 0 Å². The minimum absolute atomic E-state index is 0.139. The number of nitrogens with two attached hydrogens (primary N) is 1. The van der Waals surface area contributed by atoms with Crippen molar-refractivity contribution in [3.05, 3.63) is 42.0 Å². The highest BCUT2D eigenvalue weighted by Gasteiger charge is 2.00. The van der Waals surface area contributed by atoms with E-state index in [-0.39, 0.29) is 5.12 Å². The molecule has 19 heavy (non-hydrogen) atoms. The van der Waals surface area contributed by atoms with Crippen molar-refractivity contribution in [1.29, 1.82) is 0 Å². The molecule has 2 nitrogen and oxygen atoms in total. The minimum atomic E-state index is 0.139. The van der Waals surface area contributed by atoms with Crippen LogP contribution in [-0.2, 0) is 4.79 Å². The maximum atomic E-state index is 10.8. The third-order valence-corrected chi connectivity index (χ3v) is 3.53. The average molecular weight is 269 g/mol. The van der Waals surface area contributed by atoms with Gasteiger partial charge in [-0.1, -0.05) is 47.9 Å². The molecule has 0 saturated heterocycles. The first-order chi connectivity index (χ1) is 9.18. The van der Waals surface area contributed by atoms with Crippen LogP contribution in [0.1, 0.15) is 18.9 Å². The van der Waals surface area contributed by atoms with Gasteiger partial charge >= 0.3 is 0 Å². The Kier molecular flexibility index (Phi) is 4.48. The topological polar surface area (TPSA) is 43.1 Å². The lowest BCUT2D eigenvalue weighted by molar-refractivity contribution is -0.109. The summed E-state index contributed by atoms with van der Waals surface area (Å²) in [6.07, 6.45) is 0.711. The molecule has 0 aromatic heterocycles. The molecule has 0 radical (unpaired) electrons. The van der Waals surface area contributed by atoms with Gasteiger partial charge < -0.3 is 5.73 Å². The summed E-state index contributed by atoms with van der Waals surface area (Å²) < 4.78 is 0.